The Hall–Kier alpha value is -2.07. The topological polar surface area (TPSA) is 56.5 Å². The van der Waals surface area contributed by atoms with Crippen LogP contribution in [0.5, 0.6) is 0 Å². The third-order valence-corrected chi connectivity index (χ3v) is 3.61. The highest BCUT2D eigenvalue weighted by molar-refractivity contribution is 5.70. The zero-order valence-electron chi connectivity index (χ0n) is 9.89. The lowest BCUT2D eigenvalue weighted by Gasteiger charge is -2.10. The van der Waals surface area contributed by atoms with Crippen molar-refractivity contribution in [2.24, 2.45) is 5.73 Å². The van der Waals surface area contributed by atoms with E-state index in [1.54, 1.807) is 6.26 Å². The molecule has 0 unspecified atom stereocenters. The maximum absolute atomic E-state index is 5.67. The number of rotatable bonds is 1. The van der Waals surface area contributed by atoms with Gasteiger partial charge in [-0.15, -0.1) is 0 Å². The highest BCUT2D eigenvalue weighted by Crippen LogP contribution is 2.34. The van der Waals surface area contributed by atoms with E-state index in [1.807, 2.05) is 6.07 Å². The summed E-state index contributed by atoms with van der Waals surface area (Å²) in [5.74, 6) is 1.05. The number of hydrogen-bond donors (Lipinski definition) is 1. The fraction of sp³-hybridized carbons (Fsp3) is 0.214. The molecule has 4 heteroatoms. The molecule has 4 nitrogen and oxygen atoms in total. The van der Waals surface area contributed by atoms with Crippen LogP contribution in [0.4, 0.5) is 0 Å². The van der Waals surface area contributed by atoms with E-state index in [0.717, 1.165) is 41.1 Å². The van der Waals surface area contributed by atoms with Crippen LogP contribution in [-0.4, -0.2) is 9.38 Å². The van der Waals surface area contributed by atoms with Crippen molar-refractivity contribution in [3.8, 4) is 11.3 Å². The summed E-state index contributed by atoms with van der Waals surface area (Å²) in [7, 11) is 0. The van der Waals surface area contributed by atoms with Gasteiger partial charge in [0.25, 0.3) is 0 Å². The summed E-state index contributed by atoms with van der Waals surface area (Å²) in [5.41, 5.74) is 11.2. The number of aryl methyl sites for hydroxylation is 2. The first-order valence-electron chi connectivity index (χ1n) is 6.13. The van der Waals surface area contributed by atoms with Crippen LogP contribution < -0.4 is 5.73 Å². The van der Waals surface area contributed by atoms with Crippen LogP contribution in [0, 0.1) is 0 Å². The fourth-order valence-electron chi connectivity index (χ4n) is 2.70. The molecule has 3 heterocycles. The largest absolute Gasteiger partial charge is 0.469 e. The summed E-state index contributed by atoms with van der Waals surface area (Å²) in [4.78, 5) is 4.72. The molecule has 0 bridgehead atoms. The van der Waals surface area contributed by atoms with Crippen LogP contribution in [0.15, 0.2) is 35.1 Å². The van der Waals surface area contributed by atoms with Crippen LogP contribution in [-0.2, 0) is 19.4 Å². The second-order valence-corrected chi connectivity index (χ2v) is 4.63. The summed E-state index contributed by atoms with van der Waals surface area (Å²) < 4.78 is 7.64. The van der Waals surface area contributed by atoms with Crippen LogP contribution >= 0.6 is 0 Å². The number of fused-ring (bicyclic) bond motifs is 5. The predicted octanol–water partition coefficient (Wildman–Crippen LogP) is 2.15. The lowest BCUT2D eigenvalue weighted by atomic mass is 9.99. The minimum Gasteiger partial charge on any atom is -0.469 e. The van der Waals surface area contributed by atoms with Gasteiger partial charge in [-0.05, 0) is 30.2 Å². The van der Waals surface area contributed by atoms with Gasteiger partial charge in [0.1, 0.15) is 11.4 Å². The van der Waals surface area contributed by atoms with Crippen LogP contribution in [0.3, 0.4) is 0 Å². The second kappa shape index (κ2) is 3.46. The van der Waals surface area contributed by atoms with E-state index in [0.29, 0.717) is 6.54 Å². The Kier molecular flexibility index (Phi) is 1.91. The average Bonchev–Trinajstić information content (AvgIpc) is 3.00. The lowest BCUT2D eigenvalue weighted by Crippen LogP contribution is -2.03. The molecule has 0 saturated carbocycles. The Morgan fingerprint density at radius 3 is 3.17 bits per heavy atom. The molecule has 0 amide bonds. The van der Waals surface area contributed by atoms with Crippen molar-refractivity contribution >= 4 is 5.65 Å². The zero-order valence-corrected chi connectivity index (χ0v) is 9.89. The lowest BCUT2D eigenvalue weighted by molar-refractivity contribution is 0.506. The van der Waals surface area contributed by atoms with E-state index in [9.17, 15) is 0 Å². The van der Waals surface area contributed by atoms with Crippen molar-refractivity contribution in [1.82, 2.24) is 9.38 Å². The SMILES string of the molecule is NCc1ccn2c3c(nc2c1)-c1ccoc1CC3. The predicted molar refractivity (Wildman–Crippen MR) is 68.2 cm³/mol. The van der Waals surface area contributed by atoms with E-state index in [2.05, 4.69) is 22.7 Å². The molecule has 3 aromatic rings. The zero-order chi connectivity index (χ0) is 12.1. The monoisotopic (exact) mass is 239 g/mol. The van der Waals surface area contributed by atoms with Gasteiger partial charge in [-0.3, -0.25) is 0 Å². The molecule has 0 aliphatic heterocycles. The molecule has 90 valence electrons. The molecule has 0 spiro atoms. The molecule has 0 atom stereocenters. The molecule has 2 N–H and O–H groups in total. The van der Waals surface area contributed by atoms with Gasteiger partial charge in [0.2, 0.25) is 0 Å². The van der Waals surface area contributed by atoms with E-state index >= 15 is 0 Å². The van der Waals surface area contributed by atoms with Gasteiger partial charge in [0.15, 0.2) is 0 Å². The number of nitrogens with two attached hydrogens (primary N) is 1. The number of pyridine rings is 1. The van der Waals surface area contributed by atoms with Crippen LogP contribution in [0.1, 0.15) is 17.0 Å². The fourth-order valence-corrected chi connectivity index (χ4v) is 2.70. The Labute approximate surface area is 104 Å². The first-order chi connectivity index (χ1) is 8.86. The minimum absolute atomic E-state index is 0.547. The molecule has 3 aromatic heterocycles. The van der Waals surface area contributed by atoms with Crippen molar-refractivity contribution in [2.45, 2.75) is 19.4 Å². The van der Waals surface area contributed by atoms with Crippen molar-refractivity contribution in [3.05, 3.63) is 47.7 Å². The van der Waals surface area contributed by atoms with Gasteiger partial charge in [0.05, 0.1) is 17.7 Å². The summed E-state index contributed by atoms with van der Waals surface area (Å²) in [5, 5.41) is 0. The third kappa shape index (κ3) is 1.21. The van der Waals surface area contributed by atoms with Gasteiger partial charge in [-0.2, -0.15) is 0 Å². The van der Waals surface area contributed by atoms with Gasteiger partial charge in [0, 0.05) is 24.7 Å². The molecule has 4 rings (SSSR count). The van der Waals surface area contributed by atoms with Gasteiger partial charge >= 0.3 is 0 Å². The number of nitrogens with zero attached hydrogens (tertiary/aromatic N) is 2. The standard InChI is InChI=1S/C14H13N3O/c15-8-9-3-5-17-11-1-2-12-10(4-6-18-12)14(11)16-13(17)7-9/h3-7H,1-2,8,15H2. The highest BCUT2D eigenvalue weighted by Gasteiger charge is 2.23. The van der Waals surface area contributed by atoms with E-state index < -0.39 is 0 Å². The molecule has 0 radical (unpaired) electrons. The number of hydrogen-bond acceptors (Lipinski definition) is 3. The average molecular weight is 239 g/mol. The van der Waals surface area contributed by atoms with Crippen molar-refractivity contribution in [1.29, 1.82) is 0 Å². The number of furan rings is 1. The molecule has 1 aliphatic rings. The molecular formula is C14H13N3O. The first kappa shape index (κ1) is 9.91. The number of imidazole rings is 1. The normalized spacial score (nSPS) is 13.6. The van der Waals surface area contributed by atoms with Gasteiger partial charge in [-0.25, -0.2) is 4.98 Å². The Morgan fingerprint density at radius 1 is 1.33 bits per heavy atom. The second-order valence-electron chi connectivity index (χ2n) is 4.63. The van der Waals surface area contributed by atoms with Gasteiger partial charge < -0.3 is 14.6 Å². The van der Waals surface area contributed by atoms with Crippen LogP contribution in [0.25, 0.3) is 16.9 Å². The highest BCUT2D eigenvalue weighted by atomic mass is 16.3. The maximum Gasteiger partial charge on any atom is 0.137 e. The number of aromatic nitrogens is 2. The van der Waals surface area contributed by atoms with Gasteiger partial charge in [-0.1, -0.05) is 0 Å². The van der Waals surface area contributed by atoms with E-state index in [-0.39, 0.29) is 0 Å². The quantitative estimate of drug-likeness (QED) is 0.708. The van der Waals surface area contributed by atoms with Crippen molar-refractivity contribution in [2.75, 3.05) is 0 Å². The molecule has 0 fully saturated rings. The van der Waals surface area contributed by atoms with Crippen molar-refractivity contribution < 1.29 is 4.42 Å². The summed E-state index contributed by atoms with van der Waals surface area (Å²) in [6.45, 7) is 0.547. The molecule has 18 heavy (non-hydrogen) atoms. The van der Waals surface area contributed by atoms with Crippen molar-refractivity contribution in [3.63, 3.8) is 0 Å². The molecule has 0 saturated heterocycles. The first-order valence-corrected chi connectivity index (χ1v) is 6.13. The van der Waals surface area contributed by atoms with E-state index in [4.69, 9.17) is 15.1 Å². The Balaban J connectivity index is 2.03. The molecule has 0 aromatic carbocycles. The molecule has 1 aliphatic carbocycles. The smallest absolute Gasteiger partial charge is 0.137 e. The third-order valence-electron chi connectivity index (χ3n) is 3.61. The van der Waals surface area contributed by atoms with E-state index in [1.165, 1.54) is 5.69 Å². The van der Waals surface area contributed by atoms with Crippen LogP contribution in [0.2, 0.25) is 0 Å². The Bertz CT molecular complexity index is 739. The maximum atomic E-state index is 5.67. The summed E-state index contributed by atoms with van der Waals surface area (Å²) >= 11 is 0. The minimum atomic E-state index is 0.547. The summed E-state index contributed by atoms with van der Waals surface area (Å²) in [6, 6.07) is 6.11. The Morgan fingerprint density at radius 2 is 2.28 bits per heavy atom. The molecular weight excluding hydrogens is 226 g/mol. The summed E-state index contributed by atoms with van der Waals surface area (Å²) in [6.07, 6.45) is 5.73.